The summed E-state index contributed by atoms with van der Waals surface area (Å²) >= 11 is 4.59. The van der Waals surface area contributed by atoms with E-state index in [1.165, 1.54) is 0 Å². The number of halogens is 1. The van der Waals surface area contributed by atoms with E-state index in [4.69, 9.17) is 5.11 Å². The number of nitrogens with zero attached hydrogens (tertiary/aromatic N) is 1. The topological polar surface area (TPSA) is 62.2 Å². The molecule has 18 heavy (non-hydrogen) atoms. The number of hydrogen-bond acceptors (Lipinski definition) is 4. The Morgan fingerprint density at radius 3 is 2.78 bits per heavy atom. The maximum atomic E-state index is 10.9. The number of rotatable bonds is 3. The average Bonchev–Trinajstić information content (AvgIpc) is 2.66. The van der Waals surface area contributed by atoms with Gasteiger partial charge in [-0.15, -0.1) is 0 Å². The quantitative estimate of drug-likeness (QED) is 0.896. The van der Waals surface area contributed by atoms with Gasteiger partial charge in [-0.3, -0.25) is 0 Å². The molecule has 0 aliphatic rings. The van der Waals surface area contributed by atoms with Gasteiger partial charge < -0.3 is 10.4 Å². The molecule has 0 bridgehead atoms. The minimum atomic E-state index is -0.941. The first kappa shape index (κ1) is 13.0. The lowest BCUT2D eigenvalue weighted by Crippen LogP contribution is -1.94. The molecular weight excluding hydrogens is 316 g/mol. The van der Waals surface area contributed by atoms with E-state index in [9.17, 15) is 4.79 Å². The van der Waals surface area contributed by atoms with Crippen LogP contribution in [0.3, 0.4) is 0 Å². The third-order valence-electron chi connectivity index (χ3n) is 2.50. The Labute approximate surface area is 117 Å². The smallest absolute Gasteiger partial charge is 0.347 e. The number of hydrogen-bond donors (Lipinski definition) is 2. The highest BCUT2D eigenvalue weighted by molar-refractivity contribution is 9.10. The molecule has 2 aromatic rings. The van der Waals surface area contributed by atoms with Crippen LogP contribution in [0.1, 0.15) is 20.9 Å². The molecule has 1 aromatic carbocycles. The van der Waals surface area contributed by atoms with Crippen molar-refractivity contribution in [3.8, 4) is 0 Å². The van der Waals surface area contributed by atoms with Gasteiger partial charge in [-0.25, -0.2) is 9.78 Å². The number of carboxylic acids is 1. The molecule has 0 unspecified atom stereocenters. The van der Waals surface area contributed by atoms with Gasteiger partial charge in [0.2, 0.25) is 0 Å². The predicted molar refractivity (Wildman–Crippen MR) is 76.0 cm³/mol. The number of aromatic nitrogens is 1. The maximum Gasteiger partial charge on any atom is 0.347 e. The van der Waals surface area contributed by atoms with Gasteiger partial charge in [-0.1, -0.05) is 33.3 Å². The Hall–Kier alpha value is -1.40. The minimum absolute atomic E-state index is 0.269. The van der Waals surface area contributed by atoms with Crippen LogP contribution in [-0.4, -0.2) is 16.1 Å². The van der Waals surface area contributed by atoms with E-state index in [2.05, 4.69) is 26.2 Å². The first-order valence-electron chi connectivity index (χ1n) is 5.22. The molecule has 1 aromatic heterocycles. The summed E-state index contributed by atoms with van der Waals surface area (Å²) in [7, 11) is 0. The summed E-state index contributed by atoms with van der Waals surface area (Å²) in [5, 5.41) is 12.7. The summed E-state index contributed by atoms with van der Waals surface area (Å²) in [4.78, 5) is 15.4. The number of carboxylic acid groups (broad SMARTS) is 1. The van der Waals surface area contributed by atoms with Crippen molar-refractivity contribution in [3.05, 3.63) is 38.8 Å². The highest BCUT2D eigenvalue weighted by Gasteiger charge is 2.14. The van der Waals surface area contributed by atoms with E-state index in [0.29, 0.717) is 10.8 Å². The molecule has 0 amide bonds. The summed E-state index contributed by atoms with van der Waals surface area (Å²) < 4.78 is 0.999. The van der Waals surface area contributed by atoms with Gasteiger partial charge in [0.15, 0.2) is 5.13 Å². The SMILES string of the molecule is Cc1nc(Nc2cccc(Br)c2C)sc1C(=O)O. The van der Waals surface area contributed by atoms with Gasteiger partial charge in [0.1, 0.15) is 4.88 Å². The Kier molecular flexibility index (Phi) is 3.68. The fourth-order valence-electron chi connectivity index (χ4n) is 1.51. The Balaban J connectivity index is 2.32. The van der Waals surface area contributed by atoms with Crippen LogP contribution in [0.2, 0.25) is 0 Å². The molecule has 0 spiro atoms. The molecule has 2 N–H and O–H groups in total. The second-order valence-electron chi connectivity index (χ2n) is 3.78. The number of nitrogens with one attached hydrogen (secondary N) is 1. The van der Waals surface area contributed by atoms with Gasteiger partial charge >= 0.3 is 5.97 Å². The van der Waals surface area contributed by atoms with Crippen molar-refractivity contribution in [2.75, 3.05) is 5.32 Å². The Morgan fingerprint density at radius 1 is 1.44 bits per heavy atom. The van der Waals surface area contributed by atoms with Crippen molar-refractivity contribution in [2.45, 2.75) is 13.8 Å². The molecule has 2 rings (SSSR count). The van der Waals surface area contributed by atoms with Crippen molar-refractivity contribution >= 4 is 44.1 Å². The number of benzene rings is 1. The molecular formula is C12H11BrN2O2S. The second kappa shape index (κ2) is 5.07. The predicted octanol–water partition coefficient (Wildman–Crippen LogP) is 3.96. The fraction of sp³-hybridized carbons (Fsp3) is 0.167. The Bertz CT molecular complexity index is 610. The molecule has 0 atom stereocenters. The van der Waals surface area contributed by atoms with Crippen LogP contribution in [0.4, 0.5) is 10.8 Å². The molecule has 1 heterocycles. The van der Waals surface area contributed by atoms with Gasteiger partial charge in [0.05, 0.1) is 5.69 Å². The zero-order valence-electron chi connectivity index (χ0n) is 9.82. The van der Waals surface area contributed by atoms with E-state index >= 15 is 0 Å². The lowest BCUT2D eigenvalue weighted by Gasteiger charge is -2.07. The van der Waals surface area contributed by atoms with Crippen molar-refractivity contribution < 1.29 is 9.90 Å². The molecule has 94 valence electrons. The minimum Gasteiger partial charge on any atom is -0.477 e. The molecule has 0 aliphatic carbocycles. The number of aromatic carboxylic acids is 1. The number of carbonyl (C=O) groups is 1. The molecule has 4 nitrogen and oxygen atoms in total. The van der Waals surface area contributed by atoms with E-state index in [1.807, 2.05) is 25.1 Å². The lowest BCUT2D eigenvalue weighted by atomic mass is 10.2. The van der Waals surface area contributed by atoms with E-state index in [-0.39, 0.29) is 4.88 Å². The van der Waals surface area contributed by atoms with E-state index in [0.717, 1.165) is 27.1 Å². The molecule has 0 saturated carbocycles. The average molecular weight is 327 g/mol. The summed E-state index contributed by atoms with van der Waals surface area (Å²) in [6.07, 6.45) is 0. The summed E-state index contributed by atoms with van der Waals surface area (Å²) in [5.74, 6) is -0.941. The summed E-state index contributed by atoms with van der Waals surface area (Å²) in [6.45, 7) is 3.67. The van der Waals surface area contributed by atoms with Crippen molar-refractivity contribution in [2.24, 2.45) is 0 Å². The fourth-order valence-corrected chi connectivity index (χ4v) is 2.69. The molecule has 6 heteroatoms. The number of thiazole rings is 1. The second-order valence-corrected chi connectivity index (χ2v) is 5.63. The van der Waals surface area contributed by atoms with Crippen LogP contribution in [-0.2, 0) is 0 Å². The van der Waals surface area contributed by atoms with Crippen LogP contribution in [0.5, 0.6) is 0 Å². The standard InChI is InChI=1S/C12H11BrN2O2S/c1-6-8(13)4-3-5-9(6)15-12-14-7(2)10(18-12)11(16)17/h3-5H,1-2H3,(H,14,15)(H,16,17). The van der Waals surface area contributed by atoms with Crippen molar-refractivity contribution in [1.82, 2.24) is 4.98 Å². The van der Waals surface area contributed by atoms with E-state index < -0.39 is 5.97 Å². The zero-order chi connectivity index (χ0) is 13.3. The van der Waals surface area contributed by atoms with Crippen LogP contribution < -0.4 is 5.32 Å². The normalized spacial score (nSPS) is 10.4. The van der Waals surface area contributed by atoms with Gasteiger partial charge in [-0.2, -0.15) is 0 Å². The number of anilines is 2. The Morgan fingerprint density at radius 2 is 2.17 bits per heavy atom. The van der Waals surface area contributed by atoms with E-state index in [1.54, 1.807) is 6.92 Å². The highest BCUT2D eigenvalue weighted by Crippen LogP contribution is 2.29. The van der Waals surface area contributed by atoms with Crippen LogP contribution in [0, 0.1) is 13.8 Å². The molecule has 0 aliphatic heterocycles. The first-order valence-corrected chi connectivity index (χ1v) is 6.83. The lowest BCUT2D eigenvalue weighted by molar-refractivity contribution is 0.0701. The highest BCUT2D eigenvalue weighted by atomic mass is 79.9. The van der Waals surface area contributed by atoms with Gasteiger partial charge in [0.25, 0.3) is 0 Å². The summed E-state index contributed by atoms with van der Waals surface area (Å²) in [5.41, 5.74) is 2.50. The van der Waals surface area contributed by atoms with Crippen LogP contribution in [0.25, 0.3) is 0 Å². The van der Waals surface area contributed by atoms with Crippen molar-refractivity contribution in [3.63, 3.8) is 0 Å². The monoisotopic (exact) mass is 326 g/mol. The molecule has 0 saturated heterocycles. The largest absolute Gasteiger partial charge is 0.477 e. The molecule has 0 fully saturated rings. The third kappa shape index (κ3) is 2.54. The van der Waals surface area contributed by atoms with Gasteiger partial charge in [0, 0.05) is 10.2 Å². The number of aryl methyl sites for hydroxylation is 1. The van der Waals surface area contributed by atoms with Crippen molar-refractivity contribution in [1.29, 1.82) is 0 Å². The zero-order valence-corrected chi connectivity index (χ0v) is 12.2. The van der Waals surface area contributed by atoms with Crippen LogP contribution in [0.15, 0.2) is 22.7 Å². The first-order chi connectivity index (χ1) is 8.49. The van der Waals surface area contributed by atoms with Crippen LogP contribution >= 0.6 is 27.3 Å². The maximum absolute atomic E-state index is 10.9. The molecule has 0 radical (unpaired) electrons. The van der Waals surface area contributed by atoms with Gasteiger partial charge in [-0.05, 0) is 31.5 Å². The summed E-state index contributed by atoms with van der Waals surface area (Å²) in [6, 6.07) is 5.80. The third-order valence-corrected chi connectivity index (χ3v) is 4.42.